The van der Waals surface area contributed by atoms with Crippen LogP contribution in [0.2, 0.25) is 0 Å². The van der Waals surface area contributed by atoms with Crippen LogP contribution in [0.3, 0.4) is 0 Å². The van der Waals surface area contributed by atoms with Gasteiger partial charge in [-0.3, -0.25) is 9.88 Å². The lowest BCUT2D eigenvalue weighted by molar-refractivity contribution is 0.208. The molecule has 1 atom stereocenters. The maximum absolute atomic E-state index is 5.81. The Morgan fingerprint density at radius 3 is 3.00 bits per heavy atom. The molecule has 1 unspecified atom stereocenters. The molecule has 3 heteroatoms. The summed E-state index contributed by atoms with van der Waals surface area (Å²) < 4.78 is 0. The Balaban J connectivity index is 1.96. The molecule has 1 fully saturated rings. The van der Waals surface area contributed by atoms with E-state index in [0.29, 0.717) is 6.04 Å². The fourth-order valence-electron chi connectivity index (χ4n) is 2.59. The van der Waals surface area contributed by atoms with Gasteiger partial charge in [-0.25, -0.2) is 0 Å². The van der Waals surface area contributed by atoms with E-state index in [1.807, 2.05) is 18.5 Å². The van der Waals surface area contributed by atoms with E-state index in [2.05, 4.69) is 29.8 Å². The van der Waals surface area contributed by atoms with Crippen LogP contribution in [0.25, 0.3) is 0 Å². The van der Waals surface area contributed by atoms with Crippen LogP contribution < -0.4 is 5.73 Å². The number of aromatic nitrogens is 1. The molecule has 3 nitrogen and oxygen atoms in total. The van der Waals surface area contributed by atoms with E-state index in [9.17, 15) is 0 Å². The van der Waals surface area contributed by atoms with Crippen molar-refractivity contribution in [2.75, 3.05) is 19.6 Å². The molecule has 2 N–H and O–H groups in total. The molecule has 0 spiro atoms. The van der Waals surface area contributed by atoms with Crippen LogP contribution >= 0.6 is 0 Å². The van der Waals surface area contributed by atoms with Gasteiger partial charge in [-0.2, -0.15) is 0 Å². The highest BCUT2D eigenvalue weighted by Gasteiger charge is 2.27. The van der Waals surface area contributed by atoms with Crippen LogP contribution in [0.1, 0.15) is 44.7 Å². The van der Waals surface area contributed by atoms with Gasteiger partial charge in [0.05, 0.1) is 0 Å². The van der Waals surface area contributed by atoms with E-state index in [1.165, 1.54) is 31.4 Å². The number of nitrogens with two attached hydrogens (primary N) is 1. The van der Waals surface area contributed by atoms with E-state index in [4.69, 9.17) is 5.73 Å². The summed E-state index contributed by atoms with van der Waals surface area (Å²) in [7, 11) is 0. The number of pyridine rings is 1. The van der Waals surface area contributed by atoms with Crippen LogP contribution in [0, 0.1) is 5.41 Å². The summed E-state index contributed by atoms with van der Waals surface area (Å²) >= 11 is 0. The topological polar surface area (TPSA) is 42.1 Å². The molecule has 1 aliphatic rings. The first kappa shape index (κ1) is 13.5. The summed E-state index contributed by atoms with van der Waals surface area (Å²) in [6.45, 7) is 7.62. The summed E-state index contributed by atoms with van der Waals surface area (Å²) in [5, 5.41) is 0. The van der Waals surface area contributed by atoms with Gasteiger partial charge in [-0.05, 0) is 55.9 Å². The Morgan fingerprint density at radius 2 is 2.33 bits per heavy atom. The van der Waals surface area contributed by atoms with Crippen molar-refractivity contribution in [2.45, 2.75) is 39.2 Å². The SMILES string of the molecule is CC(C)(CN)CCN1CCCC1c1cccnc1. The fourth-order valence-corrected chi connectivity index (χ4v) is 2.59. The maximum Gasteiger partial charge on any atom is 0.0363 e. The van der Waals surface area contributed by atoms with Crippen molar-refractivity contribution < 1.29 is 0 Å². The molecule has 0 saturated carbocycles. The van der Waals surface area contributed by atoms with Crippen LogP contribution in [-0.2, 0) is 0 Å². The number of hydrogen-bond donors (Lipinski definition) is 1. The number of hydrogen-bond acceptors (Lipinski definition) is 3. The first-order valence-corrected chi connectivity index (χ1v) is 6.96. The van der Waals surface area contributed by atoms with Gasteiger partial charge >= 0.3 is 0 Å². The van der Waals surface area contributed by atoms with Crippen molar-refractivity contribution >= 4 is 0 Å². The van der Waals surface area contributed by atoms with Crippen molar-refractivity contribution in [1.29, 1.82) is 0 Å². The normalized spacial score (nSPS) is 21.4. The van der Waals surface area contributed by atoms with Gasteiger partial charge in [0, 0.05) is 18.4 Å². The van der Waals surface area contributed by atoms with Crippen LogP contribution in [-0.4, -0.2) is 29.5 Å². The van der Waals surface area contributed by atoms with E-state index in [1.54, 1.807) is 0 Å². The molecule has 1 aliphatic heterocycles. The lowest BCUT2D eigenvalue weighted by atomic mass is 9.89. The van der Waals surface area contributed by atoms with Gasteiger partial charge in [0.1, 0.15) is 0 Å². The maximum atomic E-state index is 5.81. The van der Waals surface area contributed by atoms with Crippen molar-refractivity contribution in [2.24, 2.45) is 11.1 Å². The number of rotatable bonds is 5. The van der Waals surface area contributed by atoms with E-state index >= 15 is 0 Å². The lowest BCUT2D eigenvalue weighted by Gasteiger charge is -2.29. The highest BCUT2D eigenvalue weighted by Crippen LogP contribution is 2.32. The zero-order valence-corrected chi connectivity index (χ0v) is 11.6. The highest BCUT2D eigenvalue weighted by molar-refractivity contribution is 5.15. The Morgan fingerprint density at radius 1 is 1.50 bits per heavy atom. The minimum absolute atomic E-state index is 0.252. The molecule has 1 aromatic rings. The molecule has 2 heterocycles. The molecule has 0 amide bonds. The third-order valence-electron chi connectivity index (χ3n) is 4.06. The van der Waals surface area contributed by atoms with Crippen LogP contribution in [0.15, 0.2) is 24.5 Å². The Kier molecular flexibility index (Phi) is 4.36. The van der Waals surface area contributed by atoms with Crippen molar-refractivity contribution in [3.8, 4) is 0 Å². The molecule has 0 aliphatic carbocycles. The fraction of sp³-hybridized carbons (Fsp3) is 0.667. The zero-order chi connectivity index (χ0) is 13.0. The molecule has 0 radical (unpaired) electrons. The average Bonchev–Trinajstić information content (AvgIpc) is 2.86. The smallest absolute Gasteiger partial charge is 0.0363 e. The zero-order valence-electron chi connectivity index (χ0n) is 11.6. The van der Waals surface area contributed by atoms with Crippen molar-refractivity contribution in [3.63, 3.8) is 0 Å². The van der Waals surface area contributed by atoms with E-state index in [0.717, 1.165) is 13.1 Å². The summed E-state index contributed by atoms with van der Waals surface area (Å²) in [5.41, 5.74) is 7.42. The molecular formula is C15H25N3. The first-order chi connectivity index (χ1) is 8.62. The Labute approximate surface area is 110 Å². The van der Waals surface area contributed by atoms with Crippen molar-refractivity contribution in [1.82, 2.24) is 9.88 Å². The largest absolute Gasteiger partial charge is 0.330 e. The van der Waals surface area contributed by atoms with Gasteiger partial charge in [-0.1, -0.05) is 19.9 Å². The highest BCUT2D eigenvalue weighted by atomic mass is 15.2. The second kappa shape index (κ2) is 5.81. The van der Waals surface area contributed by atoms with E-state index in [-0.39, 0.29) is 5.41 Å². The molecular weight excluding hydrogens is 222 g/mol. The standard InChI is InChI=1S/C15H25N3/c1-15(2,12-16)7-10-18-9-4-6-14(18)13-5-3-8-17-11-13/h3,5,8,11,14H,4,6-7,9-10,12,16H2,1-2H3. The average molecular weight is 247 g/mol. The van der Waals surface area contributed by atoms with Gasteiger partial charge < -0.3 is 5.73 Å². The van der Waals surface area contributed by atoms with Gasteiger partial charge in [-0.15, -0.1) is 0 Å². The van der Waals surface area contributed by atoms with Gasteiger partial charge in [0.15, 0.2) is 0 Å². The number of likely N-dealkylation sites (tertiary alicyclic amines) is 1. The predicted octanol–water partition coefficient (Wildman–Crippen LogP) is 2.59. The molecule has 1 aromatic heterocycles. The summed E-state index contributed by atoms with van der Waals surface area (Å²) in [6, 6.07) is 4.80. The second-order valence-corrected chi connectivity index (χ2v) is 6.10. The lowest BCUT2D eigenvalue weighted by Crippen LogP contribution is -2.31. The summed E-state index contributed by atoms with van der Waals surface area (Å²) in [6.07, 6.45) is 7.58. The quantitative estimate of drug-likeness (QED) is 0.869. The Bertz CT molecular complexity index is 361. The van der Waals surface area contributed by atoms with Gasteiger partial charge in [0.25, 0.3) is 0 Å². The van der Waals surface area contributed by atoms with Crippen LogP contribution in [0.5, 0.6) is 0 Å². The first-order valence-electron chi connectivity index (χ1n) is 6.96. The Hall–Kier alpha value is -0.930. The molecule has 100 valence electrons. The second-order valence-electron chi connectivity index (χ2n) is 6.10. The summed E-state index contributed by atoms with van der Waals surface area (Å²) in [5.74, 6) is 0. The minimum atomic E-state index is 0.252. The third kappa shape index (κ3) is 3.30. The molecule has 2 rings (SSSR count). The third-order valence-corrected chi connectivity index (χ3v) is 4.06. The number of nitrogens with zero attached hydrogens (tertiary/aromatic N) is 2. The van der Waals surface area contributed by atoms with Gasteiger partial charge in [0.2, 0.25) is 0 Å². The van der Waals surface area contributed by atoms with Crippen molar-refractivity contribution in [3.05, 3.63) is 30.1 Å². The minimum Gasteiger partial charge on any atom is -0.330 e. The van der Waals surface area contributed by atoms with E-state index < -0.39 is 0 Å². The summed E-state index contributed by atoms with van der Waals surface area (Å²) in [4.78, 5) is 6.83. The molecule has 18 heavy (non-hydrogen) atoms. The van der Waals surface area contributed by atoms with Crippen LogP contribution in [0.4, 0.5) is 0 Å². The molecule has 0 bridgehead atoms. The molecule has 0 aromatic carbocycles. The monoisotopic (exact) mass is 247 g/mol. The predicted molar refractivity (Wildman–Crippen MR) is 75.2 cm³/mol. The molecule has 1 saturated heterocycles.